The number of nitrogens with zero attached hydrogens (tertiary/aromatic N) is 1. The molecule has 0 aliphatic rings. The second-order valence-electron chi connectivity index (χ2n) is 4.71. The molecular formula is C18H20N2O2. The molecule has 0 aliphatic heterocycles. The van der Waals surface area contributed by atoms with E-state index < -0.39 is 0 Å². The Bertz CT molecular complexity index is 621. The summed E-state index contributed by atoms with van der Waals surface area (Å²) >= 11 is 0. The normalized spacial score (nSPS) is 10.0. The van der Waals surface area contributed by atoms with Crippen LogP contribution in [0.3, 0.4) is 0 Å². The molecular weight excluding hydrogens is 276 g/mol. The van der Waals surface area contributed by atoms with E-state index in [0.29, 0.717) is 26.3 Å². The number of benzene rings is 2. The molecule has 1 N–H and O–H groups in total. The predicted molar refractivity (Wildman–Crippen MR) is 85.7 cm³/mol. The van der Waals surface area contributed by atoms with Crippen molar-refractivity contribution in [1.29, 1.82) is 5.26 Å². The van der Waals surface area contributed by atoms with Gasteiger partial charge in [-0.3, -0.25) is 0 Å². The topological polar surface area (TPSA) is 54.3 Å². The van der Waals surface area contributed by atoms with Crippen LogP contribution in [0.1, 0.15) is 18.1 Å². The zero-order valence-corrected chi connectivity index (χ0v) is 12.7. The van der Waals surface area contributed by atoms with Gasteiger partial charge in [-0.2, -0.15) is 5.26 Å². The lowest BCUT2D eigenvalue weighted by molar-refractivity contribution is 0.266. The minimum Gasteiger partial charge on any atom is -0.490 e. The maximum atomic E-state index is 8.64. The van der Waals surface area contributed by atoms with Crippen LogP contribution < -0.4 is 14.8 Å². The summed E-state index contributed by atoms with van der Waals surface area (Å²) in [7, 11) is 0. The molecule has 0 unspecified atom stereocenters. The maximum Gasteiger partial charge on any atom is 0.166 e. The number of para-hydroxylation sites is 1. The van der Waals surface area contributed by atoms with Crippen molar-refractivity contribution >= 4 is 0 Å². The average molecular weight is 296 g/mol. The van der Waals surface area contributed by atoms with Gasteiger partial charge in [-0.1, -0.05) is 42.5 Å². The van der Waals surface area contributed by atoms with Crippen LogP contribution in [0.4, 0.5) is 0 Å². The van der Waals surface area contributed by atoms with Crippen LogP contribution >= 0.6 is 0 Å². The van der Waals surface area contributed by atoms with Crippen LogP contribution in [0.5, 0.6) is 11.5 Å². The molecule has 4 heteroatoms. The van der Waals surface area contributed by atoms with Crippen molar-refractivity contribution in [2.24, 2.45) is 0 Å². The van der Waals surface area contributed by atoms with Crippen LogP contribution in [-0.2, 0) is 13.2 Å². The molecule has 2 aromatic carbocycles. The van der Waals surface area contributed by atoms with Gasteiger partial charge in [0.05, 0.1) is 19.2 Å². The van der Waals surface area contributed by atoms with Gasteiger partial charge in [0.25, 0.3) is 0 Å². The van der Waals surface area contributed by atoms with Crippen molar-refractivity contribution in [2.75, 3.05) is 13.2 Å². The fourth-order valence-electron chi connectivity index (χ4n) is 2.12. The smallest absolute Gasteiger partial charge is 0.166 e. The Labute approximate surface area is 131 Å². The van der Waals surface area contributed by atoms with Gasteiger partial charge in [-0.15, -0.1) is 0 Å². The third-order valence-corrected chi connectivity index (χ3v) is 3.11. The molecule has 0 atom stereocenters. The summed E-state index contributed by atoms with van der Waals surface area (Å²) in [6, 6.07) is 17.9. The summed E-state index contributed by atoms with van der Waals surface area (Å²) in [5.74, 6) is 1.47. The number of hydrogen-bond acceptors (Lipinski definition) is 4. The summed E-state index contributed by atoms with van der Waals surface area (Å²) in [4.78, 5) is 0. The first-order valence-electron chi connectivity index (χ1n) is 7.34. The van der Waals surface area contributed by atoms with Crippen LogP contribution in [-0.4, -0.2) is 13.2 Å². The highest BCUT2D eigenvalue weighted by molar-refractivity contribution is 5.46. The lowest BCUT2D eigenvalue weighted by Gasteiger charge is -2.16. The molecule has 0 aliphatic carbocycles. The third-order valence-electron chi connectivity index (χ3n) is 3.11. The monoisotopic (exact) mass is 296 g/mol. The van der Waals surface area contributed by atoms with Crippen molar-refractivity contribution in [3.05, 3.63) is 59.7 Å². The standard InChI is InChI=1S/C18H20N2O2/c1-2-21-17-10-6-9-16(13-20-12-11-19)18(17)22-14-15-7-4-3-5-8-15/h3-10,20H,2,12-14H2,1H3. The summed E-state index contributed by atoms with van der Waals surface area (Å²) in [6.07, 6.45) is 0. The van der Waals surface area contributed by atoms with Crippen LogP contribution in [0, 0.1) is 11.3 Å². The van der Waals surface area contributed by atoms with E-state index in [9.17, 15) is 0 Å². The Kier molecular flexibility index (Phi) is 6.28. The number of ether oxygens (including phenoxy) is 2. The zero-order valence-electron chi connectivity index (χ0n) is 12.7. The van der Waals surface area contributed by atoms with Crippen molar-refractivity contribution in [3.63, 3.8) is 0 Å². The van der Waals surface area contributed by atoms with Gasteiger partial charge >= 0.3 is 0 Å². The molecule has 22 heavy (non-hydrogen) atoms. The predicted octanol–water partition coefficient (Wildman–Crippen LogP) is 3.28. The first-order chi connectivity index (χ1) is 10.8. The van der Waals surface area contributed by atoms with Gasteiger partial charge in [0, 0.05) is 12.1 Å². The summed E-state index contributed by atoms with van der Waals surface area (Å²) < 4.78 is 11.6. The molecule has 114 valence electrons. The van der Waals surface area contributed by atoms with Gasteiger partial charge in [0.2, 0.25) is 0 Å². The van der Waals surface area contributed by atoms with Crippen LogP contribution in [0.2, 0.25) is 0 Å². The molecule has 2 rings (SSSR count). The van der Waals surface area contributed by atoms with Crippen molar-refractivity contribution in [3.8, 4) is 17.6 Å². The number of rotatable bonds is 8. The molecule has 0 radical (unpaired) electrons. The molecule has 0 spiro atoms. The van der Waals surface area contributed by atoms with E-state index in [1.165, 1.54) is 0 Å². The zero-order chi connectivity index (χ0) is 15.6. The Morgan fingerprint density at radius 1 is 1.05 bits per heavy atom. The minimum atomic E-state index is 0.303. The van der Waals surface area contributed by atoms with Gasteiger partial charge < -0.3 is 14.8 Å². The second-order valence-corrected chi connectivity index (χ2v) is 4.71. The quantitative estimate of drug-likeness (QED) is 0.600. The van der Waals surface area contributed by atoms with Crippen molar-refractivity contribution < 1.29 is 9.47 Å². The molecule has 0 fully saturated rings. The number of nitriles is 1. The van der Waals surface area contributed by atoms with E-state index in [-0.39, 0.29) is 0 Å². The van der Waals surface area contributed by atoms with Crippen LogP contribution in [0.25, 0.3) is 0 Å². The summed E-state index contributed by atoms with van der Waals surface area (Å²) in [5.41, 5.74) is 2.09. The van der Waals surface area contributed by atoms with E-state index in [0.717, 1.165) is 22.6 Å². The lowest BCUT2D eigenvalue weighted by Crippen LogP contribution is -2.14. The van der Waals surface area contributed by atoms with Crippen molar-refractivity contribution in [2.45, 2.75) is 20.1 Å². The highest BCUT2D eigenvalue weighted by atomic mass is 16.5. The Hall–Kier alpha value is -2.51. The molecule has 0 bridgehead atoms. The third kappa shape index (κ3) is 4.51. The SMILES string of the molecule is CCOc1cccc(CNCC#N)c1OCc1ccccc1. The lowest BCUT2D eigenvalue weighted by atomic mass is 10.1. The van der Waals surface area contributed by atoms with E-state index in [1.807, 2.05) is 55.5 Å². The Balaban J connectivity index is 2.15. The molecule has 0 saturated heterocycles. The molecule has 0 aromatic heterocycles. The average Bonchev–Trinajstić information content (AvgIpc) is 2.55. The van der Waals surface area contributed by atoms with Gasteiger partial charge in [-0.25, -0.2) is 0 Å². The number of nitrogens with one attached hydrogen (secondary N) is 1. The number of hydrogen-bond donors (Lipinski definition) is 1. The fraction of sp³-hybridized carbons (Fsp3) is 0.278. The van der Waals surface area contributed by atoms with Gasteiger partial charge in [-0.05, 0) is 18.6 Å². The molecule has 0 saturated carbocycles. The minimum absolute atomic E-state index is 0.303. The molecule has 2 aromatic rings. The van der Waals surface area contributed by atoms with Crippen LogP contribution in [0.15, 0.2) is 48.5 Å². The maximum absolute atomic E-state index is 8.64. The highest BCUT2D eigenvalue weighted by Gasteiger charge is 2.11. The molecule has 4 nitrogen and oxygen atoms in total. The first kappa shape index (κ1) is 15.9. The molecule has 0 heterocycles. The first-order valence-corrected chi connectivity index (χ1v) is 7.34. The second kappa shape index (κ2) is 8.71. The Morgan fingerprint density at radius 3 is 2.59 bits per heavy atom. The Morgan fingerprint density at radius 2 is 1.86 bits per heavy atom. The van der Waals surface area contributed by atoms with E-state index >= 15 is 0 Å². The van der Waals surface area contributed by atoms with Crippen molar-refractivity contribution in [1.82, 2.24) is 5.32 Å². The fourth-order valence-corrected chi connectivity index (χ4v) is 2.12. The molecule has 0 amide bonds. The largest absolute Gasteiger partial charge is 0.490 e. The van der Waals surface area contributed by atoms with E-state index in [1.54, 1.807) is 0 Å². The van der Waals surface area contributed by atoms with E-state index in [4.69, 9.17) is 14.7 Å². The summed E-state index contributed by atoms with van der Waals surface area (Å²) in [5, 5.41) is 11.7. The summed E-state index contributed by atoms with van der Waals surface area (Å²) in [6.45, 7) is 3.88. The highest BCUT2D eigenvalue weighted by Crippen LogP contribution is 2.32. The van der Waals surface area contributed by atoms with E-state index in [2.05, 4.69) is 11.4 Å². The van der Waals surface area contributed by atoms with Gasteiger partial charge in [0.15, 0.2) is 11.5 Å². The van der Waals surface area contributed by atoms with Gasteiger partial charge in [0.1, 0.15) is 6.61 Å².